The van der Waals surface area contributed by atoms with Crippen molar-refractivity contribution in [3.05, 3.63) is 105 Å². The number of amides is 2. The van der Waals surface area contributed by atoms with Crippen molar-refractivity contribution in [1.82, 2.24) is 10.2 Å². The SMILES string of the molecule is CCCNC(=O)[C@@H](Cc1ccccc1)N(Cc1ccc(Cl)cc1)C(=O)CSCc1ccc(Cl)cc1Cl. The zero-order chi connectivity index (χ0) is 25.9. The average Bonchev–Trinajstić information content (AvgIpc) is 2.87. The van der Waals surface area contributed by atoms with Gasteiger partial charge in [0.15, 0.2) is 0 Å². The van der Waals surface area contributed by atoms with Crippen LogP contribution in [-0.4, -0.2) is 35.1 Å². The Kier molecular flexibility index (Phi) is 11.5. The molecule has 3 rings (SSSR count). The Morgan fingerprint density at radius 3 is 2.28 bits per heavy atom. The molecule has 3 aromatic carbocycles. The Bertz CT molecular complexity index is 1140. The number of nitrogens with one attached hydrogen (secondary N) is 1. The summed E-state index contributed by atoms with van der Waals surface area (Å²) in [5, 5.41) is 4.75. The Morgan fingerprint density at radius 2 is 1.61 bits per heavy atom. The van der Waals surface area contributed by atoms with Gasteiger partial charge in [-0.05, 0) is 47.4 Å². The first-order valence-corrected chi connectivity index (χ1v) is 14.0. The second-order valence-corrected chi connectivity index (χ2v) is 10.6. The molecule has 0 aliphatic heterocycles. The number of hydrogen-bond donors (Lipinski definition) is 1. The molecule has 0 heterocycles. The van der Waals surface area contributed by atoms with Crippen molar-refractivity contribution in [2.24, 2.45) is 0 Å². The van der Waals surface area contributed by atoms with Gasteiger partial charge in [-0.2, -0.15) is 0 Å². The van der Waals surface area contributed by atoms with E-state index in [2.05, 4.69) is 5.32 Å². The van der Waals surface area contributed by atoms with Crippen molar-refractivity contribution in [3.8, 4) is 0 Å². The summed E-state index contributed by atoms with van der Waals surface area (Å²) >= 11 is 19.8. The van der Waals surface area contributed by atoms with E-state index < -0.39 is 6.04 Å². The maximum Gasteiger partial charge on any atom is 0.243 e. The van der Waals surface area contributed by atoms with Crippen LogP contribution < -0.4 is 5.32 Å². The lowest BCUT2D eigenvalue weighted by Crippen LogP contribution is -2.51. The van der Waals surface area contributed by atoms with Crippen LogP contribution in [0.5, 0.6) is 0 Å². The molecule has 0 aliphatic carbocycles. The third-order valence-electron chi connectivity index (χ3n) is 5.58. The molecule has 0 radical (unpaired) electrons. The van der Waals surface area contributed by atoms with Gasteiger partial charge >= 0.3 is 0 Å². The van der Waals surface area contributed by atoms with Gasteiger partial charge in [-0.25, -0.2) is 0 Å². The van der Waals surface area contributed by atoms with Crippen LogP contribution >= 0.6 is 46.6 Å². The first-order valence-electron chi connectivity index (χ1n) is 11.7. The first-order chi connectivity index (χ1) is 17.4. The van der Waals surface area contributed by atoms with Crippen molar-refractivity contribution < 1.29 is 9.59 Å². The molecule has 8 heteroatoms. The van der Waals surface area contributed by atoms with Gasteiger partial charge in [0.05, 0.1) is 5.75 Å². The van der Waals surface area contributed by atoms with Gasteiger partial charge in [-0.3, -0.25) is 9.59 Å². The standard InChI is InChI=1S/C28H29Cl3N2O2S/c1-2-14-32-28(35)26(15-20-6-4-3-5-7-20)33(17-21-8-11-23(29)12-9-21)27(34)19-36-18-22-10-13-24(30)16-25(22)31/h3-13,16,26H,2,14-15,17-19H2,1H3,(H,32,35)/t26-/m1/s1. The molecule has 4 nitrogen and oxygen atoms in total. The number of carbonyl (C=O) groups is 2. The third kappa shape index (κ3) is 8.74. The molecule has 0 unspecified atom stereocenters. The van der Waals surface area contributed by atoms with Crippen LogP contribution in [0.1, 0.15) is 30.0 Å². The Morgan fingerprint density at radius 1 is 0.917 bits per heavy atom. The topological polar surface area (TPSA) is 49.4 Å². The van der Waals surface area contributed by atoms with Crippen LogP contribution in [0.2, 0.25) is 15.1 Å². The molecule has 0 aromatic heterocycles. The summed E-state index contributed by atoms with van der Waals surface area (Å²) in [4.78, 5) is 28.6. The van der Waals surface area contributed by atoms with Crippen molar-refractivity contribution >= 4 is 58.4 Å². The van der Waals surface area contributed by atoms with Gasteiger partial charge < -0.3 is 10.2 Å². The van der Waals surface area contributed by atoms with Crippen molar-refractivity contribution in [2.75, 3.05) is 12.3 Å². The molecule has 0 bridgehead atoms. The summed E-state index contributed by atoms with van der Waals surface area (Å²) in [5.74, 6) is 0.488. The van der Waals surface area contributed by atoms with Gasteiger partial charge in [0, 0.05) is 40.3 Å². The lowest BCUT2D eigenvalue weighted by molar-refractivity contribution is -0.139. The molecule has 0 aliphatic rings. The minimum atomic E-state index is -0.651. The highest BCUT2D eigenvalue weighted by atomic mass is 35.5. The van der Waals surface area contributed by atoms with E-state index >= 15 is 0 Å². The zero-order valence-corrected chi connectivity index (χ0v) is 23.1. The van der Waals surface area contributed by atoms with Crippen LogP contribution in [0.15, 0.2) is 72.8 Å². The Balaban J connectivity index is 1.83. The van der Waals surface area contributed by atoms with Crippen molar-refractivity contribution in [2.45, 2.75) is 38.1 Å². The van der Waals surface area contributed by atoms with Gasteiger partial charge in [-0.15, -0.1) is 11.8 Å². The van der Waals surface area contributed by atoms with E-state index in [0.29, 0.717) is 40.3 Å². The molecule has 1 N–H and O–H groups in total. The molecule has 1 atom stereocenters. The predicted molar refractivity (Wildman–Crippen MR) is 152 cm³/mol. The fourth-order valence-corrected chi connectivity index (χ4v) is 5.27. The Hall–Kier alpha value is -2.18. The minimum Gasteiger partial charge on any atom is -0.354 e. The van der Waals surface area contributed by atoms with Crippen LogP contribution in [-0.2, 0) is 28.3 Å². The number of rotatable bonds is 12. The number of hydrogen-bond acceptors (Lipinski definition) is 3. The van der Waals surface area contributed by atoms with Crippen LogP contribution in [0, 0.1) is 0 Å². The van der Waals surface area contributed by atoms with Crippen LogP contribution in [0.4, 0.5) is 0 Å². The number of thioether (sulfide) groups is 1. The van der Waals surface area contributed by atoms with E-state index in [-0.39, 0.29) is 17.6 Å². The van der Waals surface area contributed by atoms with E-state index in [4.69, 9.17) is 34.8 Å². The molecule has 0 fully saturated rings. The smallest absolute Gasteiger partial charge is 0.243 e. The van der Waals surface area contributed by atoms with Gasteiger partial charge in [-0.1, -0.05) is 90.3 Å². The third-order valence-corrected chi connectivity index (χ3v) is 7.39. The van der Waals surface area contributed by atoms with E-state index in [1.807, 2.05) is 55.5 Å². The van der Waals surface area contributed by atoms with Crippen molar-refractivity contribution in [3.63, 3.8) is 0 Å². The van der Waals surface area contributed by atoms with Crippen LogP contribution in [0.3, 0.4) is 0 Å². The van der Waals surface area contributed by atoms with E-state index in [1.54, 1.807) is 29.2 Å². The quantitative estimate of drug-likeness (QED) is 0.257. The normalized spacial score (nSPS) is 11.7. The average molecular weight is 564 g/mol. The molecule has 0 saturated carbocycles. The van der Waals surface area contributed by atoms with E-state index in [0.717, 1.165) is 23.1 Å². The fourth-order valence-electron chi connectivity index (χ4n) is 3.68. The summed E-state index contributed by atoms with van der Waals surface area (Å²) in [5.41, 5.74) is 2.80. The zero-order valence-electron chi connectivity index (χ0n) is 20.1. The lowest BCUT2D eigenvalue weighted by Gasteiger charge is -2.31. The second kappa shape index (κ2) is 14.5. The summed E-state index contributed by atoms with van der Waals surface area (Å²) < 4.78 is 0. The number of nitrogens with zero attached hydrogens (tertiary/aromatic N) is 1. The monoisotopic (exact) mass is 562 g/mol. The van der Waals surface area contributed by atoms with Gasteiger partial charge in [0.2, 0.25) is 11.8 Å². The lowest BCUT2D eigenvalue weighted by atomic mass is 10.0. The summed E-state index contributed by atoms with van der Waals surface area (Å²) in [7, 11) is 0. The predicted octanol–water partition coefficient (Wildman–Crippen LogP) is 7.05. The highest BCUT2D eigenvalue weighted by molar-refractivity contribution is 7.99. The number of carbonyl (C=O) groups excluding carboxylic acids is 2. The van der Waals surface area contributed by atoms with Crippen LogP contribution in [0.25, 0.3) is 0 Å². The van der Waals surface area contributed by atoms with E-state index in [1.165, 1.54) is 11.8 Å². The molecule has 0 saturated heterocycles. The molecule has 190 valence electrons. The maximum absolute atomic E-state index is 13.6. The Labute approximate surface area is 232 Å². The highest BCUT2D eigenvalue weighted by Crippen LogP contribution is 2.25. The highest BCUT2D eigenvalue weighted by Gasteiger charge is 2.30. The number of benzene rings is 3. The molecule has 0 spiro atoms. The summed E-state index contributed by atoms with van der Waals surface area (Å²) in [6, 6.07) is 21.8. The molecule has 3 aromatic rings. The minimum absolute atomic E-state index is 0.118. The largest absolute Gasteiger partial charge is 0.354 e. The van der Waals surface area contributed by atoms with Gasteiger partial charge in [0.25, 0.3) is 0 Å². The fraction of sp³-hybridized carbons (Fsp3) is 0.286. The molecule has 36 heavy (non-hydrogen) atoms. The molecular formula is C28H29Cl3N2O2S. The molecule has 2 amide bonds. The second-order valence-electron chi connectivity index (χ2n) is 8.37. The molecular weight excluding hydrogens is 535 g/mol. The first kappa shape index (κ1) is 28.4. The van der Waals surface area contributed by atoms with Gasteiger partial charge in [0.1, 0.15) is 6.04 Å². The maximum atomic E-state index is 13.6. The van der Waals surface area contributed by atoms with E-state index in [9.17, 15) is 9.59 Å². The number of halogens is 3. The summed E-state index contributed by atoms with van der Waals surface area (Å²) in [6.45, 7) is 2.86. The summed E-state index contributed by atoms with van der Waals surface area (Å²) in [6.07, 6.45) is 1.23. The van der Waals surface area contributed by atoms with Crippen molar-refractivity contribution in [1.29, 1.82) is 0 Å².